The Morgan fingerprint density at radius 2 is 1.48 bits per heavy atom. The second-order valence-corrected chi connectivity index (χ2v) is 6.78. The van der Waals surface area contributed by atoms with Crippen LogP contribution < -0.4 is 9.47 Å². The number of hydrogen-bond acceptors (Lipinski definition) is 4. The first kappa shape index (κ1) is 17.8. The molecule has 120 valence electrons. The molecule has 0 unspecified atom stereocenters. The van der Waals surface area contributed by atoms with Crippen molar-refractivity contribution < 1.29 is 17.9 Å². The van der Waals surface area contributed by atoms with Gasteiger partial charge in [0.1, 0.15) is 0 Å². The molecule has 0 aromatic heterocycles. The molecule has 0 saturated carbocycles. The summed E-state index contributed by atoms with van der Waals surface area (Å²) in [6.45, 7) is 6.75. The Bertz CT molecular complexity index is 563. The van der Waals surface area contributed by atoms with E-state index < -0.39 is 10.0 Å². The summed E-state index contributed by atoms with van der Waals surface area (Å²) in [6, 6.07) is 3.24. The number of benzene rings is 1. The molecule has 0 bridgehead atoms. The zero-order valence-electron chi connectivity index (χ0n) is 13.5. The first-order valence-corrected chi connectivity index (χ1v) is 8.59. The van der Waals surface area contributed by atoms with Crippen molar-refractivity contribution in [1.29, 1.82) is 0 Å². The largest absolute Gasteiger partial charge is 0.493 e. The van der Waals surface area contributed by atoms with Crippen LogP contribution in [-0.2, 0) is 10.0 Å². The van der Waals surface area contributed by atoms with E-state index in [1.165, 1.54) is 18.5 Å². The SMILES string of the molecule is CCCN(CCC)S(=O)(=O)c1cc(OC)c(OC)cc1C. The third kappa shape index (κ3) is 3.89. The van der Waals surface area contributed by atoms with Crippen LogP contribution >= 0.6 is 0 Å². The molecular formula is C15H25NO4S. The number of hydrogen-bond donors (Lipinski definition) is 0. The molecule has 0 aliphatic rings. The first-order valence-electron chi connectivity index (χ1n) is 7.15. The van der Waals surface area contributed by atoms with Gasteiger partial charge in [0.25, 0.3) is 0 Å². The monoisotopic (exact) mass is 315 g/mol. The van der Waals surface area contributed by atoms with Gasteiger partial charge in [-0.3, -0.25) is 0 Å². The molecule has 6 heteroatoms. The van der Waals surface area contributed by atoms with Crippen LogP contribution in [0.15, 0.2) is 17.0 Å². The van der Waals surface area contributed by atoms with E-state index >= 15 is 0 Å². The van der Waals surface area contributed by atoms with Crippen molar-refractivity contribution in [3.05, 3.63) is 17.7 Å². The molecule has 0 spiro atoms. The van der Waals surface area contributed by atoms with E-state index in [2.05, 4.69) is 0 Å². The van der Waals surface area contributed by atoms with Crippen molar-refractivity contribution in [2.45, 2.75) is 38.5 Å². The number of methoxy groups -OCH3 is 2. The molecule has 0 atom stereocenters. The van der Waals surface area contributed by atoms with Crippen LogP contribution in [0, 0.1) is 6.92 Å². The summed E-state index contributed by atoms with van der Waals surface area (Å²) >= 11 is 0. The Balaban J connectivity index is 3.35. The summed E-state index contributed by atoms with van der Waals surface area (Å²) < 4.78 is 37.6. The lowest BCUT2D eigenvalue weighted by Crippen LogP contribution is -2.33. The zero-order valence-corrected chi connectivity index (χ0v) is 14.3. The summed E-state index contributed by atoms with van der Waals surface area (Å²) in [6.07, 6.45) is 1.57. The van der Waals surface area contributed by atoms with Crippen LogP contribution in [0.25, 0.3) is 0 Å². The summed E-state index contributed by atoms with van der Waals surface area (Å²) in [5, 5.41) is 0. The van der Waals surface area contributed by atoms with Crippen LogP contribution in [0.5, 0.6) is 11.5 Å². The Kier molecular flexibility index (Phi) is 6.48. The van der Waals surface area contributed by atoms with Gasteiger partial charge < -0.3 is 9.47 Å². The van der Waals surface area contributed by atoms with Gasteiger partial charge in [0.2, 0.25) is 10.0 Å². The summed E-state index contributed by atoms with van der Waals surface area (Å²) in [5.41, 5.74) is 0.657. The number of ether oxygens (including phenoxy) is 2. The molecule has 21 heavy (non-hydrogen) atoms. The van der Waals surface area contributed by atoms with E-state index in [4.69, 9.17) is 9.47 Å². The molecule has 1 rings (SSSR count). The highest BCUT2D eigenvalue weighted by atomic mass is 32.2. The highest BCUT2D eigenvalue weighted by Gasteiger charge is 2.26. The van der Waals surface area contributed by atoms with Crippen molar-refractivity contribution in [2.24, 2.45) is 0 Å². The highest BCUT2D eigenvalue weighted by molar-refractivity contribution is 7.89. The topological polar surface area (TPSA) is 55.8 Å². The fourth-order valence-corrected chi connectivity index (χ4v) is 4.08. The maximum atomic E-state index is 12.8. The smallest absolute Gasteiger partial charge is 0.243 e. The van der Waals surface area contributed by atoms with E-state index in [9.17, 15) is 8.42 Å². The van der Waals surface area contributed by atoms with Gasteiger partial charge in [0.15, 0.2) is 11.5 Å². The van der Waals surface area contributed by atoms with Gasteiger partial charge in [-0.25, -0.2) is 8.42 Å². The van der Waals surface area contributed by atoms with E-state index in [-0.39, 0.29) is 4.90 Å². The average molecular weight is 315 g/mol. The number of nitrogens with zero attached hydrogens (tertiary/aromatic N) is 1. The fourth-order valence-electron chi connectivity index (χ4n) is 2.23. The zero-order chi connectivity index (χ0) is 16.0. The molecule has 5 nitrogen and oxygen atoms in total. The lowest BCUT2D eigenvalue weighted by atomic mass is 10.2. The molecule has 1 aromatic rings. The van der Waals surface area contributed by atoms with E-state index in [1.54, 1.807) is 19.1 Å². The molecule has 0 N–H and O–H groups in total. The van der Waals surface area contributed by atoms with Crippen LogP contribution in [-0.4, -0.2) is 40.0 Å². The normalized spacial score (nSPS) is 11.7. The molecule has 1 aromatic carbocycles. The Hall–Kier alpha value is -1.27. The average Bonchev–Trinajstić information content (AvgIpc) is 2.46. The van der Waals surface area contributed by atoms with Crippen molar-refractivity contribution in [2.75, 3.05) is 27.3 Å². The van der Waals surface area contributed by atoms with Crippen LogP contribution in [0.1, 0.15) is 32.3 Å². The van der Waals surface area contributed by atoms with Gasteiger partial charge in [0.05, 0.1) is 19.1 Å². The Morgan fingerprint density at radius 1 is 1.00 bits per heavy atom. The van der Waals surface area contributed by atoms with E-state index in [0.717, 1.165) is 12.8 Å². The van der Waals surface area contributed by atoms with Crippen molar-refractivity contribution in [3.63, 3.8) is 0 Å². The molecule has 0 radical (unpaired) electrons. The Morgan fingerprint density at radius 3 is 1.90 bits per heavy atom. The maximum Gasteiger partial charge on any atom is 0.243 e. The predicted molar refractivity (Wildman–Crippen MR) is 83.6 cm³/mol. The van der Waals surface area contributed by atoms with Crippen LogP contribution in [0.3, 0.4) is 0 Å². The summed E-state index contributed by atoms with van der Waals surface area (Å²) in [5.74, 6) is 0.959. The number of aryl methyl sites for hydroxylation is 1. The third-order valence-corrected chi connectivity index (χ3v) is 5.29. The van der Waals surface area contributed by atoms with Gasteiger partial charge in [-0.05, 0) is 31.4 Å². The standard InChI is InChI=1S/C15H25NO4S/c1-6-8-16(9-7-2)21(17,18)15-11-14(20-5)13(19-4)10-12(15)3/h10-11H,6-9H2,1-5H3. The minimum Gasteiger partial charge on any atom is -0.493 e. The summed E-state index contributed by atoms with van der Waals surface area (Å²) in [7, 11) is -0.483. The second kappa shape index (κ2) is 7.66. The maximum absolute atomic E-state index is 12.8. The Labute approximate surface area is 127 Å². The third-order valence-electron chi connectivity index (χ3n) is 3.24. The molecule has 0 fully saturated rings. The van der Waals surface area contributed by atoms with Gasteiger partial charge in [-0.1, -0.05) is 13.8 Å². The van der Waals surface area contributed by atoms with Gasteiger partial charge in [0, 0.05) is 19.2 Å². The summed E-state index contributed by atoms with van der Waals surface area (Å²) in [4.78, 5) is 0.280. The lowest BCUT2D eigenvalue weighted by Gasteiger charge is -2.22. The van der Waals surface area contributed by atoms with Crippen molar-refractivity contribution in [1.82, 2.24) is 4.31 Å². The molecule has 0 heterocycles. The fraction of sp³-hybridized carbons (Fsp3) is 0.600. The van der Waals surface area contributed by atoms with Crippen molar-refractivity contribution >= 4 is 10.0 Å². The van der Waals surface area contributed by atoms with E-state index in [0.29, 0.717) is 30.2 Å². The molecule has 0 amide bonds. The first-order chi connectivity index (χ1) is 9.92. The number of sulfonamides is 1. The molecule has 0 saturated heterocycles. The second-order valence-electron chi connectivity index (χ2n) is 4.88. The minimum atomic E-state index is -3.52. The van der Waals surface area contributed by atoms with Gasteiger partial charge >= 0.3 is 0 Å². The van der Waals surface area contributed by atoms with Gasteiger partial charge in [-0.15, -0.1) is 0 Å². The lowest BCUT2D eigenvalue weighted by molar-refractivity contribution is 0.353. The van der Waals surface area contributed by atoms with Crippen LogP contribution in [0.2, 0.25) is 0 Å². The van der Waals surface area contributed by atoms with E-state index in [1.807, 2.05) is 13.8 Å². The molecule has 0 aliphatic carbocycles. The molecule has 0 aliphatic heterocycles. The number of rotatable bonds is 8. The van der Waals surface area contributed by atoms with Crippen molar-refractivity contribution in [3.8, 4) is 11.5 Å². The highest BCUT2D eigenvalue weighted by Crippen LogP contribution is 2.33. The van der Waals surface area contributed by atoms with Crippen LogP contribution in [0.4, 0.5) is 0 Å². The predicted octanol–water partition coefficient (Wildman–Crippen LogP) is 2.82. The minimum absolute atomic E-state index is 0.280. The molecular weight excluding hydrogens is 290 g/mol. The van der Waals surface area contributed by atoms with Gasteiger partial charge in [-0.2, -0.15) is 4.31 Å². The quantitative estimate of drug-likeness (QED) is 0.740.